The molecule has 1 aromatic carbocycles. The molecule has 4 atom stereocenters. The molecule has 4 heterocycles. The highest BCUT2D eigenvalue weighted by atomic mass is 15.3. The number of rotatable bonds is 4. The van der Waals surface area contributed by atoms with Gasteiger partial charge in [0.1, 0.15) is 0 Å². The van der Waals surface area contributed by atoms with Crippen LogP contribution < -0.4 is 10.6 Å². The minimum Gasteiger partial charge on any atom is -0.378 e. The number of benzene rings is 1. The van der Waals surface area contributed by atoms with E-state index in [1.54, 1.807) is 0 Å². The summed E-state index contributed by atoms with van der Waals surface area (Å²) in [6.07, 6.45) is 2.53. The van der Waals surface area contributed by atoms with E-state index in [-0.39, 0.29) is 0 Å². The second-order valence-corrected chi connectivity index (χ2v) is 7.79. The highest BCUT2D eigenvalue weighted by molar-refractivity contribution is 5.63. The Morgan fingerprint density at radius 1 is 1.24 bits per heavy atom. The Morgan fingerprint density at radius 2 is 2.00 bits per heavy atom. The number of anilines is 1. The largest absolute Gasteiger partial charge is 0.378 e. The molecule has 0 radical (unpaired) electrons. The monoisotopic (exact) mass is 339 g/mol. The summed E-state index contributed by atoms with van der Waals surface area (Å²) >= 11 is 0. The molecule has 4 unspecified atom stereocenters. The maximum absolute atomic E-state index is 5.95. The number of hydrogen-bond donors (Lipinski definition) is 1. The molecular formula is C20H29N5. The molecule has 2 N–H and O–H groups in total. The first-order chi connectivity index (χ1) is 12.1. The van der Waals surface area contributed by atoms with Crippen LogP contribution >= 0.6 is 0 Å². The van der Waals surface area contributed by atoms with Crippen LogP contribution in [0.15, 0.2) is 30.3 Å². The van der Waals surface area contributed by atoms with Crippen LogP contribution in [-0.2, 0) is 7.05 Å². The summed E-state index contributed by atoms with van der Waals surface area (Å²) in [5.74, 6) is 1.33. The number of aryl methyl sites for hydroxylation is 1. The van der Waals surface area contributed by atoms with Gasteiger partial charge in [-0.2, -0.15) is 5.10 Å². The van der Waals surface area contributed by atoms with E-state index in [0.29, 0.717) is 12.0 Å². The smallest absolute Gasteiger partial charge is 0.0926 e. The fourth-order valence-electron chi connectivity index (χ4n) is 4.62. The molecular weight excluding hydrogens is 310 g/mol. The van der Waals surface area contributed by atoms with Gasteiger partial charge in [-0.3, -0.25) is 9.58 Å². The standard InChI is InChI=1S/C20H29N5/c1-23(2)16-6-4-14(5-7-16)19-11-20(24(3)22-19)18-13-25-9-8-15(18)10-17(25)12-21/h4-7,11,15,17-18H,8-10,12-13,21H2,1-3H3. The van der Waals surface area contributed by atoms with Gasteiger partial charge < -0.3 is 10.6 Å². The lowest BCUT2D eigenvalue weighted by Gasteiger charge is -2.49. The first-order valence-electron chi connectivity index (χ1n) is 9.32. The third-order valence-electron chi connectivity index (χ3n) is 6.13. The van der Waals surface area contributed by atoms with Gasteiger partial charge in [0.05, 0.1) is 5.69 Å². The highest BCUT2D eigenvalue weighted by Crippen LogP contribution is 2.42. The van der Waals surface area contributed by atoms with E-state index in [1.807, 2.05) is 0 Å². The van der Waals surface area contributed by atoms with Crippen molar-refractivity contribution in [2.24, 2.45) is 18.7 Å². The van der Waals surface area contributed by atoms with E-state index in [1.165, 1.54) is 36.3 Å². The zero-order valence-electron chi connectivity index (χ0n) is 15.5. The second kappa shape index (κ2) is 6.46. The summed E-state index contributed by atoms with van der Waals surface area (Å²) < 4.78 is 2.10. The minimum absolute atomic E-state index is 0.585. The predicted octanol–water partition coefficient (Wildman–Crippen LogP) is 2.29. The average molecular weight is 339 g/mol. The van der Waals surface area contributed by atoms with Crippen molar-refractivity contribution >= 4 is 5.69 Å². The summed E-state index contributed by atoms with van der Waals surface area (Å²) in [6.45, 7) is 3.13. The Labute approximate surface area is 150 Å². The van der Waals surface area contributed by atoms with Gasteiger partial charge in [0.25, 0.3) is 0 Å². The normalized spacial score (nSPS) is 28.3. The molecule has 0 aliphatic carbocycles. The van der Waals surface area contributed by atoms with E-state index in [9.17, 15) is 0 Å². The maximum Gasteiger partial charge on any atom is 0.0926 e. The Morgan fingerprint density at radius 3 is 2.60 bits per heavy atom. The van der Waals surface area contributed by atoms with E-state index < -0.39 is 0 Å². The molecule has 0 saturated carbocycles. The zero-order chi connectivity index (χ0) is 17.6. The van der Waals surface area contributed by atoms with E-state index in [4.69, 9.17) is 10.8 Å². The van der Waals surface area contributed by atoms with Crippen molar-refractivity contribution in [3.63, 3.8) is 0 Å². The number of nitrogens with zero attached hydrogens (tertiary/aromatic N) is 4. The summed E-state index contributed by atoms with van der Waals surface area (Å²) in [5, 5.41) is 4.81. The van der Waals surface area contributed by atoms with Crippen LogP contribution in [0.25, 0.3) is 11.3 Å². The van der Waals surface area contributed by atoms with Gasteiger partial charge in [-0.15, -0.1) is 0 Å². The summed E-state index contributed by atoms with van der Waals surface area (Å²) in [4.78, 5) is 4.71. The molecule has 5 nitrogen and oxygen atoms in total. The van der Waals surface area contributed by atoms with Crippen LogP contribution in [0.2, 0.25) is 0 Å². The second-order valence-electron chi connectivity index (χ2n) is 7.79. The van der Waals surface area contributed by atoms with Crippen molar-refractivity contribution in [3.05, 3.63) is 36.0 Å². The Hall–Kier alpha value is -1.85. The molecule has 1 aromatic heterocycles. The number of nitrogens with two attached hydrogens (primary N) is 1. The van der Waals surface area contributed by atoms with Gasteiger partial charge >= 0.3 is 0 Å². The van der Waals surface area contributed by atoms with Crippen molar-refractivity contribution in [1.29, 1.82) is 0 Å². The van der Waals surface area contributed by atoms with Crippen molar-refractivity contribution in [3.8, 4) is 11.3 Å². The molecule has 0 spiro atoms. The Bertz CT molecular complexity index is 733. The molecule has 3 aliphatic heterocycles. The first-order valence-corrected chi connectivity index (χ1v) is 9.32. The molecule has 3 aliphatic rings. The summed E-state index contributed by atoms with van der Waals surface area (Å²) in [5.41, 5.74) is 10.8. The van der Waals surface area contributed by atoms with Crippen molar-refractivity contribution in [2.75, 3.05) is 38.6 Å². The quantitative estimate of drug-likeness (QED) is 0.928. The van der Waals surface area contributed by atoms with Crippen LogP contribution in [0, 0.1) is 5.92 Å². The van der Waals surface area contributed by atoms with E-state index in [0.717, 1.165) is 24.7 Å². The highest BCUT2D eigenvalue weighted by Gasteiger charge is 2.41. The Balaban J connectivity index is 1.59. The van der Waals surface area contributed by atoms with Gasteiger partial charge in [-0.05, 0) is 43.5 Å². The van der Waals surface area contributed by atoms with Crippen molar-refractivity contribution < 1.29 is 0 Å². The third kappa shape index (κ3) is 2.96. The number of hydrogen-bond acceptors (Lipinski definition) is 4. The van der Waals surface area contributed by atoms with Crippen LogP contribution in [-0.4, -0.2) is 54.5 Å². The van der Waals surface area contributed by atoms with Gasteiger partial charge in [0.2, 0.25) is 0 Å². The van der Waals surface area contributed by atoms with Crippen molar-refractivity contribution in [1.82, 2.24) is 14.7 Å². The number of fused-ring (bicyclic) bond motifs is 3. The summed E-state index contributed by atoms with van der Waals surface area (Å²) in [6, 6.07) is 11.5. The van der Waals surface area contributed by atoms with E-state index in [2.05, 4.69) is 66.0 Å². The van der Waals surface area contributed by atoms with Crippen molar-refractivity contribution in [2.45, 2.75) is 24.8 Å². The lowest BCUT2D eigenvalue weighted by Crippen LogP contribution is -2.55. The zero-order valence-corrected chi connectivity index (χ0v) is 15.5. The van der Waals surface area contributed by atoms with Gasteiger partial charge in [0, 0.05) is 63.1 Å². The van der Waals surface area contributed by atoms with Gasteiger partial charge in [-0.1, -0.05) is 12.1 Å². The van der Waals surface area contributed by atoms with E-state index >= 15 is 0 Å². The fourth-order valence-corrected chi connectivity index (χ4v) is 4.62. The molecule has 3 fully saturated rings. The van der Waals surface area contributed by atoms with Crippen LogP contribution in [0.5, 0.6) is 0 Å². The van der Waals surface area contributed by atoms with Gasteiger partial charge in [0.15, 0.2) is 0 Å². The third-order valence-corrected chi connectivity index (χ3v) is 6.13. The molecule has 134 valence electrons. The average Bonchev–Trinajstić information content (AvgIpc) is 3.03. The molecule has 2 aromatic rings. The lowest BCUT2D eigenvalue weighted by atomic mass is 9.74. The molecule has 2 bridgehead atoms. The molecule has 3 saturated heterocycles. The SMILES string of the molecule is CN(C)c1ccc(-c2cc(C3CN4CCC3CC4CN)n(C)n2)cc1. The Kier molecular flexibility index (Phi) is 4.29. The minimum atomic E-state index is 0.585. The molecule has 25 heavy (non-hydrogen) atoms. The fraction of sp³-hybridized carbons (Fsp3) is 0.550. The molecule has 5 heteroatoms. The number of piperidine rings is 3. The maximum atomic E-state index is 5.95. The molecule has 0 amide bonds. The summed E-state index contributed by atoms with van der Waals surface area (Å²) in [7, 11) is 6.22. The first kappa shape index (κ1) is 16.6. The van der Waals surface area contributed by atoms with Crippen LogP contribution in [0.4, 0.5) is 5.69 Å². The lowest BCUT2D eigenvalue weighted by molar-refractivity contribution is 0.0322. The van der Waals surface area contributed by atoms with Crippen LogP contribution in [0.1, 0.15) is 24.5 Å². The van der Waals surface area contributed by atoms with Gasteiger partial charge in [-0.25, -0.2) is 0 Å². The topological polar surface area (TPSA) is 50.3 Å². The molecule has 5 rings (SSSR count). The number of aromatic nitrogens is 2. The van der Waals surface area contributed by atoms with Crippen LogP contribution in [0.3, 0.4) is 0 Å². The predicted molar refractivity (Wildman–Crippen MR) is 103 cm³/mol.